The Hall–Kier alpha value is -2.73. The van der Waals surface area contributed by atoms with Gasteiger partial charge in [0, 0.05) is 68.6 Å². The topological polar surface area (TPSA) is 106 Å². The Morgan fingerprint density at radius 3 is 2.72 bits per heavy atom. The first-order chi connectivity index (χ1) is 15.1. The summed E-state index contributed by atoms with van der Waals surface area (Å²) in [6.07, 6.45) is -0.552. The van der Waals surface area contributed by atoms with E-state index in [1.54, 1.807) is 11.3 Å². The Morgan fingerprint density at radius 2 is 2.16 bits per heavy atom. The molecule has 176 valence electrons. The maximum Gasteiger partial charge on any atom is 0.417 e. The van der Waals surface area contributed by atoms with Crippen molar-refractivity contribution in [1.82, 2.24) is 14.9 Å². The van der Waals surface area contributed by atoms with Crippen molar-refractivity contribution in [3.8, 4) is 5.88 Å². The number of rotatable bonds is 6. The number of anilines is 2. The summed E-state index contributed by atoms with van der Waals surface area (Å²) >= 11 is 1.57. The quantitative estimate of drug-likeness (QED) is 0.490. The summed E-state index contributed by atoms with van der Waals surface area (Å²) in [6, 6.07) is 1.11. The van der Waals surface area contributed by atoms with Crippen molar-refractivity contribution in [2.45, 2.75) is 45.1 Å². The number of nitrogen functional groups attached to an aromatic ring is 1. The van der Waals surface area contributed by atoms with Gasteiger partial charge >= 0.3 is 6.18 Å². The number of hydrogen-bond acceptors (Lipinski definition) is 9. The van der Waals surface area contributed by atoms with Crippen LogP contribution in [0.25, 0.3) is 0 Å². The molecule has 0 aliphatic carbocycles. The third-order valence-corrected chi connectivity index (χ3v) is 5.71. The van der Waals surface area contributed by atoms with E-state index in [9.17, 15) is 13.2 Å². The number of halogens is 3. The zero-order chi connectivity index (χ0) is 23.9. The maximum atomic E-state index is 13.4. The third kappa shape index (κ3) is 6.63. The molecule has 0 spiro atoms. The first-order valence-corrected chi connectivity index (χ1v) is 10.7. The molecule has 0 amide bonds. The van der Waals surface area contributed by atoms with Gasteiger partial charge in [0.1, 0.15) is 18.2 Å². The molecule has 0 radical (unpaired) electrons. The van der Waals surface area contributed by atoms with Gasteiger partial charge < -0.3 is 20.6 Å². The second-order valence-electron chi connectivity index (χ2n) is 7.06. The number of aldehydes is 1. The fourth-order valence-electron chi connectivity index (χ4n) is 3.33. The van der Waals surface area contributed by atoms with Gasteiger partial charge in [0.05, 0.1) is 5.56 Å². The number of aromatic nitrogens is 2. The van der Waals surface area contributed by atoms with Crippen LogP contribution in [-0.4, -0.2) is 60.2 Å². The normalized spacial score (nSPS) is 19.0. The molecule has 2 aromatic rings. The van der Waals surface area contributed by atoms with E-state index in [1.807, 2.05) is 13.2 Å². The number of pyridine rings is 1. The van der Waals surface area contributed by atoms with E-state index in [0.717, 1.165) is 28.6 Å². The Bertz CT molecular complexity index is 935. The Kier molecular flexibility index (Phi) is 8.96. The summed E-state index contributed by atoms with van der Waals surface area (Å²) in [5.41, 5.74) is 4.59. The van der Waals surface area contributed by atoms with E-state index in [4.69, 9.17) is 15.3 Å². The zero-order valence-corrected chi connectivity index (χ0v) is 19.1. The molecule has 8 nitrogen and oxygen atoms in total. The van der Waals surface area contributed by atoms with Gasteiger partial charge in [0.2, 0.25) is 5.88 Å². The van der Waals surface area contributed by atoms with Gasteiger partial charge in [0.15, 0.2) is 5.13 Å². The number of nitrogens with zero attached hydrogens (tertiary/aromatic N) is 4. The molecule has 0 bridgehead atoms. The van der Waals surface area contributed by atoms with Gasteiger partial charge in [-0.05, 0) is 13.8 Å². The standard InChI is InChI=1S/C18H23F3N6OS.C2H4O/c1-10-4-11(8-27(10)9-12-6-25-17(24-3)29-12)28-15-5-14(18(19,20)21)13(7-23-2)16(22)26-15;1-2-3/h5-7,10-11H,4,8-9H2,1-3H3,(H2,22,26)(H,24,25);2H,1H3. The van der Waals surface area contributed by atoms with Crippen LogP contribution in [0.2, 0.25) is 0 Å². The second kappa shape index (κ2) is 11.2. The first-order valence-electron chi connectivity index (χ1n) is 9.85. The number of aliphatic imine (C=N–C) groups is 1. The SMILES string of the molecule is CC=O.CN=Cc1c(C(F)(F)F)cc(OC2CC(C)N(Cc3cnc(NC)s3)C2)nc1N. The molecule has 2 aromatic heterocycles. The fourth-order valence-corrected chi connectivity index (χ4v) is 4.12. The van der Waals surface area contributed by atoms with Crippen LogP contribution in [0, 0.1) is 0 Å². The minimum atomic E-state index is -4.59. The van der Waals surface area contributed by atoms with E-state index in [0.29, 0.717) is 19.5 Å². The number of alkyl halides is 3. The van der Waals surface area contributed by atoms with Crippen LogP contribution in [0.4, 0.5) is 24.1 Å². The van der Waals surface area contributed by atoms with Crippen molar-refractivity contribution in [3.05, 3.63) is 28.3 Å². The Balaban J connectivity index is 0.00000114. The smallest absolute Gasteiger partial charge is 0.417 e. The van der Waals surface area contributed by atoms with Gasteiger partial charge in [-0.1, -0.05) is 0 Å². The molecule has 2 unspecified atom stereocenters. The summed E-state index contributed by atoms with van der Waals surface area (Å²) < 4.78 is 46.1. The molecule has 2 atom stereocenters. The lowest BCUT2D eigenvalue weighted by Gasteiger charge is -2.19. The summed E-state index contributed by atoms with van der Waals surface area (Å²) in [5.74, 6) is -0.384. The molecule has 0 aromatic carbocycles. The van der Waals surface area contributed by atoms with Gasteiger partial charge in [0.25, 0.3) is 0 Å². The van der Waals surface area contributed by atoms with Crippen LogP contribution in [0.3, 0.4) is 0 Å². The molecule has 3 rings (SSSR count). The molecule has 1 aliphatic rings. The number of likely N-dealkylation sites (tertiary alicyclic amines) is 1. The van der Waals surface area contributed by atoms with E-state index >= 15 is 0 Å². The minimum absolute atomic E-state index is 0.127. The molecule has 3 heterocycles. The van der Waals surface area contributed by atoms with Crippen molar-refractivity contribution in [1.29, 1.82) is 0 Å². The number of nitrogens with two attached hydrogens (primary N) is 1. The van der Waals surface area contributed by atoms with Crippen molar-refractivity contribution in [2.24, 2.45) is 4.99 Å². The Morgan fingerprint density at radius 1 is 1.47 bits per heavy atom. The van der Waals surface area contributed by atoms with E-state index in [1.165, 1.54) is 14.0 Å². The molecule has 1 fully saturated rings. The number of carbonyl (C=O) groups is 1. The maximum absolute atomic E-state index is 13.4. The summed E-state index contributed by atoms with van der Waals surface area (Å²) in [7, 11) is 3.19. The van der Waals surface area contributed by atoms with Crippen molar-refractivity contribution in [3.63, 3.8) is 0 Å². The molecule has 12 heteroatoms. The van der Waals surface area contributed by atoms with E-state index in [2.05, 4.69) is 32.1 Å². The third-order valence-electron chi connectivity index (χ3n) is 4.71. The number of ether oxygens (including phenoxy) is 1. The van der Waals surface area contributed by atoms with Crippen LogP contribution in [0.5, 0.6) is 5.88 Å². The van der Waals surface area contributed by atoms with Gasteiger partial charge in [-0.2, -0.15) is 18.2 Å². The highest BCUT2D eigenvalue weighted by Gasteiger charge is 2.36. The predicted molar refractivity (Wildman–Crippen MR) is 119 cm³/mol. The number of hydrogen-bond donors (Lipinski definition) is 2. The summed E-state index contributed by atoms with van der Waals surface area (Å²) in [5, 5.41) is 3.85. The summed E-state index contributed by atoms with van der Waals surface area (Å²) in [6.45, 7) is 4.79. The Labute approximate surface area is 188 Å². The monoisotopic (exact) mass is 472 g/mol. The van der Waals surface area contributed by atoms with Crippen LogP contribution in [0.1, 0.15) is 36.3 Å². The molecule has 1 saturated heterocycles. The molecule has 0 saturated carbocycles. The average molecular weight is 473 g/mol. The molecule has 1 aliphatic heterocycles. The average Bonchev–Trinajstić information content (AvgIpc) is 3.30. The molecular formula is C20H27F3N6O2S. The molecule has 3 N–H and O–H groups in total. The summed E-state index contributed by atoms with van der Waals surface area (Å²) in [4.78, 5) is 24.0. The molecule has 32 heavy (non-hydrogen) atoms. The highest BCUT2D eigenvalue weighted by Crippen LogP contribution is 2.36. The lowest BCUT2D eigenvalue weighted by molar-refractivity contribution is -0.137. The van der Waals surface area contributed by atoms with E-state index < -0.39 is 11.7 Å². The zero-order valence-electron chi connectivity index (χ0n) is 18.3. The van der Waals surface area contributed by atoms with Crippen molar-refractivity contribution in [2.75, 3.05) is 31.7 Å². The largest absolute Gasteiger partial charge is 0.473 e. The second-order valence-corrected chi connectivity index (χ2v) is 8.18. The van der Waals surface area contributed by atoms with E-state index in [-0.39, 0.29) is 29.4 Å². The van der Waals surface area contributed by atoms with Gasteiger partial charge in [-0.3, -0.25) is 9.89 Å². The van der Waals surface area contributed by atoms with Crippen LogP contribution >= 0.6 is 11.3 Å². The van der Waals surface area contributed by atoms with Crippen molar-refractivity contribution < 1.29 is 22.7 Å². The first kappa shape index (κ1) is 25.5. The van der Waals surface area contributed by atoms with Gasteiger partial charge in [-0.15, -0.1) is 11.3 Å². The lowest BCUT2D eigenvalue weighted by Crippen LogP contribution is -2.27. The highest BCUT2D eigenvalue weighted by atomic mass is 32.1. The number of thiazole rings is 1. The van der Waals surface area contributed by atoms with Crippen LogP contribution in [0.15, 0.2) is 17.3 Å². The lowest BCUT2D eigenvalue weighted by atomic mass is 10.1. The highest BCUT2D eigenvalue weighted by molar-refractivity contribution is 7.15. The van der Waals surface area contributed by atoms with Crippen LogP contribution in [-0.2, 0) is 17.5 Å². The fraction of sp³-hybridized carbons (Fsp3) is 0.500. The molecular weight excluding hydrogens is 445 g/mol. The van der Waals surface area contributed by atoms with Crippen LogP contribution < -0.4 is 15.8 Å². The number of carbonyl (C=O) groups excluding carboxylic acids is 1. The van der Waals surface area contributed by atoms with Gasteiger partial charge in [-0.25, -0.2) is 4.98 Å². The van der Waals surface area contributed by atoms with Crippen molar-refractivity contribution >= 4 is 34.8 Å². The number of nitrogens with one attached hydrogen (secondary N) is 1. The predicted octanol–water partition coefficient (Wildman–Crippen LogP) is 3.48. The minimum Gasteiger partial charge on any atom is -0.473 e.